The fraction of sp³-hybridized carbons (Fsp3) is 0.182. The van der Waals surface area contributed by atoms with Gasteiger partial charge in [0.2, 0.25) is 0 Å². The zero-order valence-electron chi connectivity index (χ0n) is 14.5. The molecule has 0 bridgehead atoms. The van der Waals surface area contributed by atoms with Crippen LogP contribution in [0.5, 0.6) is 0 Å². The average Bonchev–Trinajstić information content (AvgIpc) is 2.66. The van der Waals surface area contributed by atoms with Crippen molar-refractivity contribution in [3.05, 3.63) is 82.2 Å². The zero-order valence-corrected chi connectivity index (χ0v) is 14.5. The topological polar surface area (TPSA) is 0 Å². The van der Waals surface area contributed by atoms with Gasteiger partial charge in [0.1, 0.15) is 5.82 Å². The Bertz CT molecular complexity index is 1070. The van der Waals surface area contributed by atoms with Gasteiger partial charge < -0.3 is 0 Å². The van der Waals surface area contributed by atoms with Crippen molar-refractivity contribution in [1.82, 2.24) is 0 Å². The molecule has 0 atom stereocenters. The van der Waals surface area contributed by atoms with Crippen molar-refractivity contribution >= 4 is 10.8 Å². The van der Waals surface area contributed by atoms with Crippen molar-refractivity contribution in [3.8, 4) is 11.8 Å². The summed E-state index contributed by atoms with van der Waals surface area (Å²) in [6.07, 6.45) is 1.40. The lowest BCUT2D eigenvalue weighted by molar-refractivity contribution is 0.475. The molecule has 0 heterocycles. The molecule has 5 heteroatoms. The van der Waals surface area contributed by atoms with Gasteiger partial charge in [0.25, 0.3) is 0 Å². The molecule has 0 amide bonds. The summed E-state index contributed by atoms with van der Waals surface area (Å²) >= 11 is 0. The van der Waals surface area contributed by atoms with Gasteiger partial charge in [-0.1, -0.05) is 37.3 Å². The fourth-order valence-corrected chi connectivity index (χ4v) is 2.79. The average molecular weight is 374 g/mol. The molecule has 0 spiro atoms. The van der Waals surface area contributed by atoms with E-state index in [2.05, 4.69) is 11.8 Å². The van der Waals surface area contributed by atoms with Gasteiger partial charge in [0, 0.05) is 16.5 Å². The van der Waals surface area contributed by atoms with Crippen LogP contribution < -0.4 is 0 Å². The summed E-state index contributed by atoms with van der Waals surface area (Å²) in [5, 5.41) is 0.498. The zero-order chi connectivity index (χ0) is 19.6. The number of fused-ring (bicyclic) bond motifs is 1. The first-order valence-electron chi connectivity index (χ1n) is 8.48. The SMILES string of the molecule is CCCCc1c(F)cc(C#Cc2ccc3c(F)c(F)ccc3c2)c(F)c1F. The molecule has 0 radical (unpaired) electrons. The van der Waals surface area contributed by atoms with Crippen molar-refractivity contribution in [2.45, 2.75) is 26.2 Å². The maximum absolute atomic E-state index is 14.2. The highest BCUT2D eigenvalue weighted by Gasteiger charge is 2.17. The highest BCUT2D eigenvalue weighted by molar-refractivity contribution is 5.84. The van der Waals surface area contributed by atoms with Crippen LogP contribution >= 0.6 is 0 Å². The Balaban J connectivity index is 1.98. The number of hydrogen-bond donors (Lipinski definition) is 0. The number of halogens is 5. The molecule has 0 fully saturated rings. The second-order valence-electron chi connectivity index (χ2n) is 6.16. The third kappa shape index (κ3) is 3.80. The van der Waals surface area contributed by atoms with Crippen LogP contribution in [-0.2, 0) is 6.42 Å². The molecular weight excluding hydrogens is 359 g/mol. The summed E-state index contributed by atoms with van der Waals surface area (Å²) in [5.74, 6) is -0.151. The van der Waals surface area contributed by atoms with Gasteiger partial charge in [0.15, 0.2) is 23.3 Å². The largest absolute Gasteiger partial charge is 0.207 e. The van der Waals surface area contributed by atoms with Crippen LogP contribution in [0.4, 0.5) is 22.0 Å². The lowest BCUT2D eigenvalue weighted by Crippen LogP contribution is -2.02. The minimum absolute atomic E-state index is 0.0871. The van der Waals surface area contributed by atoms with Crippen LogP contribution in [0, 0.1) is 40.9 Å². The smallest absolute Gasteiger partial charge is 0.174 e. The molecule has 0 saturated heterocycles. The van der Waals surface area contributed by atoms with E-state index in [9.17, 15) is 22.0 Å². The maximum atomic E-state index is 14.2. The van der Waals surface area contributed by atoms with Gasteiger partial charge in [0.05, 0.1) is 5.56 Å². The third-order valence-corrected chi connectivity index (χ3v) is 4.28. The molecule has 3 rings (SSSR count). The Labute approximate surface area is 153 Å². The van der Waals surface area contributed by atoms with E-state index < -0.39 is 34.6 Å². The summed E-state index contributed by atoms with van der Waals surface area (Å²) in [6, 6.07) is 7.54. The Morgan fingerprint density at radius 2 is 1.56 bits per heavy atom. The van der Waals surface area contributed by atoms with Crippen molar-refractivity contribution in [3.63, 3.8) is 0 Å². The van der Waals surface area contributed by atoms with E-state index in [0.717, 1.165) is 18.6 Å². The molecule has 0 aliphatic carbocycles. The van der Waals surface area contributed by atoms with Crippen LogP contribution in [0.2, 0.25) is 0 Å². The summed E-state index contributed by atoms with van der Waals surface area (Å²) in [5.41, 5.74) is -0.289. The quantitative estimate of drug-likeness (QED) is 0.288. The molecular formula is C22H15F5. The minimum atomic E-state index is -1.22. The molecule has 0 aromatic heterocycles. The van der Waals surface area contributed by atoms with Gasteiger partial charge in [-0.25, -0.2) is 22.0 Å². The lowest BCUT2D eigenvalue weighted by Gasteiger charge is -2.06. The van der Waals surface area contributed by atoms with E-state index in [0.29, 0.717) is 17.4 Å². The normalized spacial score (nSPS) is 10.7. The van der Waals surface area contributed by atoms with E-state index in [1.807, 2.05) is 6.92 Å². The van der Waals surface area contributed by atoms with Crippen molar-refractivity contribution in [1.29, 1.82) is 0 Å². The summed E-state index contributed by atoms with van der Waals surface area (Å²) in [7, 11) is 0. The Morgan fingerprint density at radius 3 is 2.30 bits per heavy atom. The van der Waals surface area contributed by atoms with E-state index in [1.165, 1.54) is 24.3 Å². The number of benzene rings is 3. The molecule has 0 aliphatic heterocycles. The van der Waals surface area contributed by atoms with Crippen LogP contribution in [-0.4, -0.2) is 0 Å². The molecule has 0 unspecified atom stereocenters. The Hall–Kier alpha value is -2.87. The minimum Gasteiger partial charge on any atom is -0.207 e. The fourth-order valence-electron chi connectivity index (χ4n) is 2.79. The van der Waals surface area contributed by atoms with Gasteiger partial charge in [-0.3, -0.25) is 0 Å². The first-order valence-corrected chi connectivity index (χ1v) is 8.48. The number of rotatable bonds is 3. The summed E-state index contributed by atoms with van der Waals surface area (Å²) < 4.78 is 69.3. The number of hydrogen-bond acceptors (Lipinski definition) is 0. The molecule has 27 heavy (non-hydrogen) atoms. The third-order valence-electron chi connectivity index (χ3n) is 4.28. The van der Waals surface area contributed by atoms with Crippen LogP contribution in [0.3, 0.4) is 0 Å². The second kappa shape index (κ2) is 7.79. The molecule has 3 aromatic rings. The molecule has 0 N–H and O–H groups in total. The standard InChI is InChI=1S/C22H15F5/c1-2-3-4-17-19(24)12-15(20(25)22(17)27)7-5-13-6-9-16-14(11-13)8-10-18(23)21(16)26/h6,8-12H,2-4H2,1H3. The van der Waals surface area contributed by atoms with Gasteiger partial charge in [-0.05, 0) is 42.5 Å². The van der Waals surface area contributed by atoms with Crippen LogP contribution in [0.1, 0.15) is 36.5 Å². The van der Waals surface area contributed by atoms with Gasteiger partial charge in [-0.2, -0.15) is 0 Å². The highest BCUT2D eigenvalue weighted by Crippen LogP contribution is 2.23. The van der Waals surface area contributed by atoms with E-state index in [4.69, 9.17) is 0 Å². The Kier molecular flexibility index (Phi) is 5.46. The van der Waals surface area contributed by atoms with E-state index >= 15 is 0 Å². The number of unbranched alkanes of at least 4 members (excludes halogenated alkanes) is 1. The van der Waals surface area contributed by atoms with Crippen molar-refractivity contribution in [2.75, 3.05) is 0 Å². The van der Waals surface area contributed by atoms with Crippen LogP contribution in [0.25, 0.3) is 10.8 Å². The maximum Gasteiger partial charge on any atom is 0.174 e. The molecule has 0 aliphatic rings. The Morgan fingerprint density at radius 1 is 0.778 bits per heavy atom. The molecule has 138 valence electrons. The van der Waals surface area contributed by atoms with Gasteiger partial charge >= 0.3 is 0 Å². The summed E-state index contributed by atoms with van der Waals surface area (Å²) in [4.78, 5) is 0. The summed E-state index contributed by atoms with van der Waals surface area (Å²) in [6.45, 7) is 1.87. The first kappa shape index (κ1) is 18.9. The highest BCUT2D eigenvalue weighted by atomic mass is 19.2. The molecule has 0 nitrogen and oxygen atoms in total. The molecule has 0 saturated carbocycles. The predicted octanol–water partition coefficient (Wildman–Crippen LogP) is 6.28. The van der Waals surface area contributed by atoms with Crippen molar-refractivity contribution < 1.29 is 22.0 Å². The second-order valence-corrected chi connectivity index (χ2v) is 6.16. The van der Waals surface area contributed by atoms with Crippen molar-refractivity contribution in [2.24, 2.45) is 0 Å². The van der Waals surface area contributed by atoms with E-state index in [1.54, 1.807) is 0 Å². The van der Waals surface area contributed by atoms with Gasteiger partial charge in [-0.15, -0.1) is 0 Å². The lowest BCUT2D eigenvalue weighted by atomic mass is 10.0. The van der Waals surface area contributed by atoms with Crippen LogP contribution in [0.15, 0.2) is 36.4 Å². The predicted molar refractivity (Wildman–Crippen MR) is 94.8 cm³/mol. The van der Waals surface area contributed by atoms with E-state index in [-0.39, 0.29) is 17.4 Å². The first-order chi connectivity index (χ1) is 12.9. The molecule has 3 aromatic carbocycles. The monoisotopic (exact) mass is 374 g/mol.